The van der Waals surface area contributed by atoms with E-state index in [-0.39, 0.29) is 17.4 Å². The van der Waals surface area contributed by atoms with Crippen LogP contribution in [0.1, 0.15) is 49.9 Å². The average molecular weight is 365 g/mol. The maximum atomic E-state index is 13.3. The highest BCUT2D eigenvalue weighted by atomic mass is 19.3. The number of fused-ring (bicyclic) bond motifs is 1. The smallest absolute Gasteiger partial charge is 0.280 e. The van der Waals surface area contributed by atoms with Crippen LogP contribution in [0, 0.1) is 11.8 Å². The molecular formula is C18H25F2N5O. The van der Waals surface area contributed by atoms with Gasteiger partial charge in [0.15, 0.2) is 0 Å². The van der Waals surface area contributed by atoms with Gasteiger partial charge in [0.2, 0.25) is 0 Å². The third-order valence-corrected chi connectivity index (χ3v) is 5.80. The Bertz CT molecular complexity index is 746. The third kappa shape index (κ3) is 3.57. The average Bonchev–Trinajstić information content (AvgIpc) is 3.12. The van der Waals surface area contributed by atoms with Gasteiger partial charge in [0.1, 0.15) is 12.0 Å². The van der Waals surface area contributed by atoms with E-state index >= 15 is 0 Å². The highest BCUT2D eigenvalue weighted by Gasteiger charge is 2.32. The number of hydrogen-bond acceptors (Lipinski definition) is 5. The van der Waals surface area contributed by atoms with E-state index in [1.807, 2.05) is 0 Å². The topological polar surface area (TPSA) is 55.5 Å². The zero-order valence-electron chi connectivity index (χ0n) is 15.0. The Morgan fingerprint density at radius 3 is 2.85 bits per heavy atom. The van der Waals surface area contributed by atoms with Crippen LogP contribution in [-0.2, 0) is 4.74 Å². The summed E-state index contributed by atoms with van der Waals surface area (Å²) < 4.78 is 33.7. The largest absolute Gasteiger partial charge is 0.381 e. The molecule has 2 aromatic heterocycles. The molecule has 2 saturated heterocycles. The van der Waals surface area contributed by atoms with Crippen LogP contribution < -0.4 is 0 Å². The molecule has 2 aliphatic rings. The lowest BCUT2D eigenvalue weighted by molar-refractivity contribution is 0.0445. The molecule has 0 spiro atoms. The minimum absolute atomic E-state index is 0.147. The first-order valence-electron chi connectivity index (χ1n) is 9.40. The van der Waals surface area contributed by atoms with Crippen molar-refractivity contribution in [1.82, 2.24) is 24.5 Å². The van der Waals surface area contributed by atoms with Gasteiger partial charge in [-0.05, 0) is 43.7 Å². The summed E-state index contributed by atoms with van der Waals surface area (Å²) in [7, 11) is 0. The Kier molecular flexibility index (Phi) is 5.13. The van der Waals surface area contributed by atoms with Crippen LogP contribution in [-0.4, -0.2) is 57.3 Å². The Morgan fingerprint density at radius 2 is 2.08 bits per heavy atom. The molecule has 0 radical (unpaired) electrons. The van der Waals surface area contributed by atoms with Crippen molar-refractivity contribution in [1.29, 1.82) is 0 Å². The summed E-state index contributed by atoms with van der Waals surface area (Å²) >= 11 is 0. The zero-order valence-corrected chi connectivity index (χ0v) is 15.0. The second-order valence-electron chi connectivity index (χ2n) is 7.57. The van der Waals surface area contributed by atoms with Gasteiger partial charge in [-0.15, -0.1) is 0 Å². The first-order valence-corrected chi connectivity index (χ1v) is 9.40. The van der Waals surface area contributed by atoms with Crippen molar-refractivity contribution in [2.45, 2.75) is 38.5 Å². The zero-order chi connectivity index (χ0) is 18.1. The number of alkyl halides is 2. The van der Waals surface area contributed by atoms with E-state index in [4.69, 9.17) is 4.74 Å². The maximum Gasteiger partial charge on any atom is 0.280 e. The Labute approximate surface area is 151 Å². The highest BCUT2D eigenvalue weighted by Crippen LogP contribution is 2.34. The van der Waals surface area contributed by atoms with E-state index in [0.29, 0.717) is 11.8 Å². The molecule has 0 amide bonds. The summed E-state index contributed by atoms with van der Waals surface area (Å²) in [6.07, 6.45) is 2.04. The van der Waals surface area contributed by atoms with E-state index in [0.717, 1.165) is 57.8 Å². The molecule has 8 heteroatoms. The second-order valence-corrected chi connectivity index (χ2v) is 7.57. The molecule has 2 aliphatic heterocycles. The van der Waals surface area contributed by atoms with Gasteiger partial charge in [0.25, 0.3) is 12.2 Å². The molecule has 0 aliphatic carbocycles. The van der Waals surface area contributed by atoms with Gasteiger partial charge in [-0.3, -0.25) is 0 Å². The number of halogens is 2. The van der Waals surface area contributed by atoms with Crippen LogP contribution in [0.4, 0.5) is 8.78 Å². The molecule has 0 saturated carbocycles. The molecule has 4 rings (SSSR count). The Balaban J connectivity index is 1.58. The third-order valence-electron chi connectivity index (χ3n) is 5.80. The fourth-order valence-electron chi connectivity index (χ4n) is 4.21. The molecule has 26 heavy (non-hydrogen) atoms. The highest BCUT2D eigenvalue weighted by molar-refractivity contribution is 5.32. The SMILES string of the molecule is C[C@H]1CCN(CC2CCOCC2)C[C@@H]1c1cc(C(F)F)nc2ncnn12. The molecule has 0 N–H and O–H groups in total. The first-order chi connectivity index (χ1) is 12.6. The predicted molar refractivity (Wildman–Crippen MR) is 92.2 cm³/mol. The van der Waals surface area contributed by atoms with Gasteiger partial charge in [-0.1, -0.05) is 6.92 Å². The van der Waals surface area contributed by atoms with E-state index < -0.39 is 6.43 Å². The van der Waals surface area contributed by atoms with Gasteiger partial charge in [0.05, 0.1) is 5.69 Å². The summed E-state index contributed by atoms with van der Waals surface area (Å²) in [5.41, 5.74) is 0.584. The van der Waals surface area contributed by atoms with Gasteiger partial charge < -0.3 is 9.64 Å². The number of piperidine rings is 1. The normalized spacial score (nSPS) is 26.0. The van der Waals surface area contributed by atoms with Crippen molar-refractivity contribution in [3.63, 3.8) is 0 Å². The van der Waals surface area contributed by atoms with Crippen LogP contribution in [0.15, 0.2) is 12.4 Å². The minimum Gasteiger partial charge on any atom is -0.381 e. The molecule has 142 valence electrons. The van der Waals surface area contributed by atoms with Crippen molar-refractivity contribution in [3.8, 4) is 0 Å². The predicted octanol–water partition coefficient (Wildman–Crippen LogP) is 2.91. The quantitative estimate of drug-likeness (QED) is 0.834. The maximum absolute atomic E-state index is 13.3. The van der Waals surface area contributed by atoms with Crippen LogP contribution in [0.25, 0.3) is 5.78 Å². The van der Waals surface area contributed by atoms with E-state index in [9.17, 15) is 8.78 Å². The molecule has 2 aromatic rings. The van der Waals surface area contributed by atoms with E-state index in [1.54, 1.807) is 4.52 Å². The lowest BCUT2D eigenvalue weighted by Gasteiger charge is -2.39. The fourth-order valence-corrected chi connectivity index (χ4v) is 4.21. The number of hydrogen-bond donors (Lipinski definition) is 0. The minimum atomic E-state index is -2.60. The Hall–Kier alpha value is -1.67. The lowest BCUT2D eigenvalue weighted by Crippen LogP contribution is -2.42. The van der Waals surface area contributed by atoms with Crippen molar-refractivity contribution in [2.24, 2.45) is 11.8 Å². The molecule has 6 nitrogen and oxygen atoms in total. The van der Waals surface area contributed by atoms with Gasteiger partial charge >= 0.3 is 0 Å². The van der Waals surface area contributed by atoms with Gasteiger partial charge in [-0.2, -0.15) is 10.1 Å². The summed E-state index contributed by atoms with van der Waals surface area (Å²) in [4.78, 5) is 10.5. The van der Waals surface area contributed by atoms with Crippen LogP contribution in [0.3, 0.4) is 0 Å². The lowest BCUT2D eigenvalue weighted by atomic mass is 9.83. The van der Waals surface area contributed by atoms with Crippen molar-refractivity contribution in [3.05, 3.63) is 23.8 Å². The molecule has 2 fully saturated rings. The van der Waals surface area contributed by atoms with Crippen LogP contribution in [0.2, 0.25) is 0 Å². The number of ether oxygens (including phenoxy) is 1. The number of likely N-dealkylation sites (tertiary alicyclic amines) is 1. The summed E-state index contributed by atoms with van der Waals surface area (Å²) in [6.45, 7) is 6.87. The van der Waals surface area contributed by atoms with Crippen molar-refractivity contribution < 1.29 is 13.5 Å². The second kappa shape index (κ2) is 7.52. The molecule has 0 bridgehead atoms. The molecule has 4 heterocycles. The monoisotopic (exact) mass is 365 g/mol. The van der Waals surface area contributed by atoms with E-state index in [2.05, 4.69) is 26.9 Å². The summed E-state index contributed by atoms with van der Waals surface area (Å²) in [5.74, 6) is 1.47. The standard InChI is InChI=1S/C18H25F2N5O/c1-12-2-5-24(9-13-3-6-26-7-4-13)10-14(12)16-8-15(17(19)20)23-18-21-11-22-25(16)18/h8,11-14,17H,2-7,9-10H2,1H3/t12-,14-/m0/s1. The summed E-state index contributed by atoms with van der Waals surface area (Å²) in [5, 5.41) is 4.23. The number of rotatable bonds is 4. The number of aromatic nitrogens is 4. The Morgan fingerprint density at radius 1 is 1.27 bits per heavy atom. The molecule has 0 aromatic carbocycles. The summed E-state index contributed by atoms with van der Waals surface area (Å²) in [6, 6.07) is 1.52. The van der Waals surface area contributed by atoms with Crippen molar-refractivity contribution >= 4 is 5.78 Å². The number of nitrogens with zero attached hydrogens (tertiary/aromatic N) is 5. The van der Waals surface area contributed by atoms with Crippen molar-refractivity contribution in [2.75, 3.05) is 32.8 Å². The molecule has 2 atom stereocenters. The molecule has 0 unspecified atom stereocenters. The van der Waals surface area contributed by atoms with Crippen LogP contribution in [0.5, 0.6) is 0 Å². The van der Waals surface area contributed by atoms with E-state index in [1.165, 1.54) is 12.4 Å². The molecular weight excluding hydrogens is 340 g/mol. The van der Waals surface area contributed by atoms with Gasteiger partial charge in [0, 0.05) is 32.2 Å². The van der Waals surface area contributed by atoms with Crippen LogP contribution >= 0.6 is 0 Å². The van der Waals surface area contributed by atoms with Gasteiger partial charge in [-0.25, -0.2) is 18.3 Å². The first kappa shape index (κ1) is 17.7. The fraction of sp³-hybridized carbons (Fsp3) is 0.722.